The molecule has 1 fully saturated rings. The van der Waals surface area contributed by atoms with Crippen LogP contribution in [0.1, 0.15) is 24.4 Å². The Balaban J connectivity index is 1.53. The molecule has 0 bridgehead atoms. The van der Waals surface area contributed by atoms with Gasteiger partial charge in [0.25, 0.3) is 5.91 Å². The number of carbonyl (C=O) groups excluding carboxylic acids is 3. The number of hydrogen-bond donors (Lipinski definition) is 2. The molecule has 9 nitrogen and oxygen atoms in total. The van der Waals surface area contributed by atoms with Crippen molar-refractivity contribution in [2.24, 2.45) is 5.92 Å². The van der Waals surface area contributed by atoms with Crippen molar-refractivity contribution in [1.82, 2.24) is 10.2 Å². The van der Waals surface area contributed by atoms with Gasteiger partial charge in [0, 0.05) is 31.5 Å². The van der Waals surface area contributed by atoms with Gasteiger partial charge in [-0.3, -0.25) is 14.4 Å². The number of anilines is 2. The number of likely N-dealkylation sites (N-methyl/N-ethyl adjacent to an activating group) is 1. The van der Waals surface area contributed by atoms with Crippen LogP contribution < -0.4 is 15.5 Å². The molecule has 3 amide bonds. The van der Waals surface area contributed by atoms with Crippen molar-refractivity contribution in [2.45, 2.75) is 19.9 Å². The van der Waals surface area contributed by atoms with Crippen LogP contribution >= 0.6 is 0 Å². The molecule has 32 heavy (non-hydrogen) atoms. The normalized spacial score (nSPS) is 14.7. The van der Waals surface area contributed by atoms with Gasteiger partial charge in [0.05, 0.1) is 26.0 Å². The van der Waals surface area contributed by atoms with E-state index in [1.54, 1.807) is 6.07 Å². The average molecular weight is 443 g/mol. The first kappa shape index (κ1) is 23.3. The number of nitrogens with zero attached hydrogens (tertiary/aromatic N) is 2. The molecule has 1 saturated heterocycles. The zero-order valence-electron chi connectivity index (χ0n) is 18.7. The van der Waals surface area contributed by atoms with Crippen LogP contribution in [-0.2, 0) is 14.3 Å². The molecular weight excluding hydrogens is 412 g/mol. The molecule has 3 rings (SSSR count). The summed E-state index contributed by atoms with van der Waals surface area (Å²) in [6.45, 7) is 6.61. The van der Waals surface area contributed by atoms with Gasteiger partial charge in [-0.2, -0.15) is 0 Å². The Kier molecular flexibility index (Phi) is 7.88. The number of rotatable bonds is 8. The van der Waals surface area contributed by atoms with Crippen molar-refractivity contribution in [3.05, 3.63) is 48.4 Å². The minimum absolute atomic E-state index is 0.129. The lowest BCUT2D eigenvalue weighted by Crippen LogP contribution is -2.51. The van der Waals surface area contributed by atoms with Crippen LogP contribution in [-0.4, -0.2) is 68.6 Å². The van der Waals surface area contributed by atoms with Crippen molar-refractivity contribution in [3.8, 4) is 0 Å². The number of hydrogen-bond acceptors (Lipinski definition) is 6. The Hall–Kier alpha value is -3.33. The van der Waals surface area contributed by atoms with E-state index in [9.17, 15) is 14.4 Å². The van der Waals surface area contributed by atoms with Crippen LogP contribution in [0.4, 0.5) is 11.4 Å². The van der Waals surface area contributed by atoms with Crippen molar-refractivity contribution >= 4 is 29.1 Å². The third kappa shape index (κ3) is 6.10. The summed E-state index contributed by atoms with van der Waals surface area (Å²) in [6, 6.07) is 9.93. The molecule has 2 N–H and O–H groups in total. The molecule has 9 heteroatoms. The number of morpholine rings is 1. The monoisotopic (exact) mass is 442 g/mol. The van der Waals surface area contributed by atoms with Crippen molar-refractivity contribution in [2.75, 3.05) is 50.1 Å². The van der Waals surface area contributed by atoms with E-state index in [1.165, 1.54) is 24.3 Å². The van der Waals surface area contributed by atoms with Gasteiger partial charge in [0.2, 0.25) is 11.8 Å². The van der Waals surface area contributed by atoms with Gasteiger partial charge in [-0.05, 0) is 42.3 Å². The summed E-state index contributed by atoms with van der Waals surface area (Å²) in [5, 5.41) is 5.50. The molecule has 1 atom stereocenters. The molecule has 1 aliphatic heterocycles. The minimum Gasteiger partial charge on any atom is -0.459 e. The first-order valence-corrected chi connectivity index (χ1v) is 10.7. The van der Waals surface area contributed by atoms with E-state index in [0.29, 0.717) is 18.9 Å². The van der Waals surface area contributed by atoms with Crippen LogP contribution in [0.3, 0.4) is 0 Å². The summed E-state index contributed by atoms with van der Waals surface area (Å²) in [6.07, 6.45) is 1.39. The molecular formula is C23H30N4O5. The molecule has 1 aromatic carbocycles. The van der Waals surface area contributed by atoms with Crippen molar-refractivity contribution < 1.29 is 23.5 Å². The summed E-state index contributed by atoms with van der Waals surface area (Å²) in [4.78, 5) is 41.2. The average Bonchev–Trinajstić information content (AvgIpc) is 3.33. The molecule has 0 saturated carbocycles. The third-order valence-corrected chi connectivity index (χ3v) is 5.25. The summed E-state index contributed by atoms with van der Waals surface area (Å²) in [7, 11) is 1.54. The van der Waals surface area contributed by atoms with Gasteiger partial charge >= 0.3 is 0 Å². The molecule has 1 aliphatic rings. The lowest BCUT2D eigenvalue weighted by atomic mass is 10.0. The van der Waals surface area contributed by atoms with E-state index in [2.05, 4.69) is 15.5 Å². The topological polar surface area (TPSA) is 104 Å². The number of ether oxygens (including phenoxy) is 1. The van der Waals surface area contributed by atoms with Crippen molar-refractivity contribution in [3.63, 3.8) is 0 Å². The standard InChI is InChI=1S/C23H30N4O5/c1-16(2)21(25-22(29)19-5-4-12-32-19)23(30)26(3)15-20(28)24-17-6-8-18(9-7-17)27-10-13-31-14-11-27/h4-9,12,16,21H,10-11,13-15H2,1-3H3,(H,24,28)(H,25,29)/t21-/m0/s1. The fourth-order valence-electron chi connectivity index (χ4n) is 3.44. The summed E-state index contributed by atoms with van der Waals surface area (Å²) in [5.74, 6) is -1.18. The second-order valence-corrected chi connectivity index (χ2v) is 8.06. The Morgan fingerprint density at radius 1 is 1.09 bits per heavy atom. The van der Waals surface area contributed by atoms with Crippen LogP contribution in [0.25, 0.3) is 0 Å². The zero-order chi connectivity index (χ0) is 23.1. The molecule has 1 aromatic heterocycles. The molecule has 172 valence electrons. The van der Waals surface area contributed by atoms with E-state index in [1.807, 2.05) is 38.1 Å². The fraction of sp³-hybridized carbons (Fsp3) is 0.435. The lowest BCUT2D eigenvalue weighted by Gasteiger charge is -2.29. The first-order chi connectivity index (χ1) is 15.3. The highest BCUT2D eigenvalue weighted by Crippen LogP contribution is 2.19. The Labute approximate surface area is 187 Å². The highest BCUT2D eigenvalue weighted by atomic mass is 16.5. The van der Waals surface area contributed by atoms with E-state index < -0.39 is 11.9 Å². The smallest absolute Gasteiger partial charge is 0.287 e. The molecule has 0 radical (unpaired) electrons. The second-order valence-electron chi connectivity index (χ2n) is 8.06. The van der Waals surface area contributed by atoms with E-state index in [-0.39, 0.29) is 30.0 Å². The Bertz CT molecular complexity index is 905. The summed E-state index contributed by atoms with van der Waals surface area (Å²) >= 11 is 0. The van der Waals surface area contributed by atoms with E-state index in [4.69, 9.17) is 9.15 Å². The van der Waals surface area contributed by atoms with Gasteiger partial charge in [0.1, 0.15) is 6.04 Å². The van der Waals surface area contributed by atoms with Crippen LogP contribution in [0.2, 0.25) is 0 Å². The van der Waals surface area contributed by atoms with Crippen LogP contribution in [0, 0.1) is 5.92 Å². The molecule has 2 heterocycles. The predicted octanol–water partition coefficient (Wildman–Crippen LogP) is 1.97. The second kappa shape index (κ2) is 10.8. The maximum absolute atomic E-state index is 12.9. The predicted molar refractivity (Wildman–Crippen MR) is 121 cm³/mol. The SMILES string of the molecule is CC(C)[C@H](NC(=O)c1ccco1)C(=O)N(C)CC(=O)Nc1ccc(N2CCOCC2)cc1. The van der Waals surface area contributed by atoms with E-state index >= 15 is 0 Å². The molecule has 0 aliphatic carbocycles. The van der Waals surface area contributed by atoms with Gasteiger partial charge in [0.15, 0.2) is 5.76 Å². The van der Waals surface area contributed by atoms with E-state index in [0.717, 1.165) is 18.8 Å². The van der Waals surface area contributed by atoms with Crippen molar-refractivity contribution in [1.29, 1.82) is 0 Å². The van der Waals surface area contributed by atoms with Gasteiger partial charge in [-0.25, -0.2) is 0 Å². The highest BCUT2D eigenvalue weighted by molar-refractivity contribution is 5.98. The van der Waals surface area contributed by atoms with Gasteiger partial charge < -0.3 is 29.6 Å². The highest BCUT2D eigenvalue weighted by Gasteiger charge is 2.29. The first-order valence-electron chi connectivity index (χ1n) is 10.7. The molecule has 2 aromatic rings. The third-order valence-electron chi connectivity index (χ3n) is 5.25. The molecule has 0 spiro atoms. The number of amides is 3. The number of nitrogens with one attached hydrogen (secondary N) is 2. The van der Waals surface area contributed by atoms with Gasteiger partial charge in [-0.1, -0.05) is 13.8 Å². The lowest BCUT2D eigenvalue weighted by molar-refractivity contribution is -0.135. The maximum atomic E-state index is 12.9. The number of benzene rings is 1. The number of carbonyl (C=O) groups is 3. The quantitative estimate of drug-likeness (QED) is 0.648. The van der Waals surface area contributed by atoms with Gasteiger partial charge in [-0.15, -0.1) is 0 Å². The maximum Gasteiger partial charge on any atom is 0.287 e. The Morgan fingerprint density at radius 3 is 2.38 bits per heavy atom. The number of furan rings is 1. The van der Waals surface area contributed by atoms with Crippen LogP contribution in [0.5, 0.6) is 0 Å². The summed E-state index contributed by atoms with van der Waals surface area (Å²) < 4.78 is 10.5. The summed E-state index contributed by atoms with van der Waals surface area (Å²) in [5.41, 5.74) is 1.73. The largest absolute Gasteiger partial charge is 0.459 e. The Morgan fingerprint density at radius 2 is 1.78 bits per heavy atom. The van der Waals surface area contributed by atoms with Crippen LogP contribution in [0.15, 0.2) is 47.1 Å². The molecule has 0 unspecified atom stereocenters. The fourth-order valence-corrected chi connectivity index (χ4v) is 3.44. The minimum atomic E-state index is -0.779. The zero-order valence-corrected chi connectivity index (χ0v) is 18.7.